The van der Waals surface area contributed by atoms with Crippen LogP contribution in [0.1, 0.15) is 0 Å². The number of rotatable bonds is 1. The summed E-state index contributed by atoms with van der Waals surface area (Å²) >= 11 is 5.87. The van der Waals surface area contributed by atoms with Crippen molar-refractivity contribution in [1.29, 1.82) is 0 Å². The van der Waals surface area contributed by atoms with Crippen molar-refractivity contribution >= 4 is 77.9 Å². The highest BCUT2D eigenvalue weighted by Crippen LogP contribution is 2.26. The van der Waals surface area contributed by atoms with Gasteiger partial charge in [-0.05, 0) is 79.9 Å². The zero-order valence-corrected chi connectivity index (χ0v) is 13.2. The lowest BCUT2D eigenvalue weighted by Crippen LogP contribution is -2.04. The number of benzene rings is 1. The van der Waals surface area contributed by atoms with Crippen molar-refractivity contribution in [2.45, 2.75) is 4.90 Å². The molecule has 0 aromatic heterocycles. The number of hydrogen-bond acceptors (Lipinski definition) is 2. The predicted octanol–water partition coefficient (Wildman–Crippen LogP) is 2.75. The lowest BCUT2D eigenvalue weighted by molar-refractivity contribution is 0.482. The Hall–Kier alpha value is 1.32. The molecule has 1 aromatic rings. The fourth-order valence-corrected chi connectivity index (χ4v) is 6.64. The van der Waals surface area contributed by atoms with Gasteiger partial charge in [-0.2, -0.15) is 8.42 Å². The van der Waals surface area contributed by atoms with Crippen LogP contribution in [0.15, 0.2) is 17.0 Å². The van der Waals surface area contributed by atoms with E-state index >= 15 is 0 Å². The van der Waals surface area contributed by atoms with Crippen LogP contribution in [0.3, 0.4) is 0 Å². The van der Waals surface area contributed by atoms with E-state index in [1.807, 2.05) is 45.2 Å². The maximum Gasteiger partial charge on any atom is 0.296 e. The van der Waals surface area contributed by atoms with Crippen molar-refractivity contribution in [3.63, 3.8) is 0 Å². The minimum atomic E-state index is -4.10. The quantitative estimate of drug-likeness (QED) is 0.445. The van der Waals surface area contributed by atoms with Gasteiger partial charge in [0, 0.05) is 10.7 Å². The summed E-state index contributed by atoms with van der Waals surface area (Å²) in [6, 6.07) is 3.40. The first kappa shape index (κ1) is 12.4. The molecule has 1 rings (SSSR count). The molecular formula is C6H3I3O3S. The van der Waals surface area contributed by atoms with Gasteiger partial charge >= 0.3 is 0 Å². The molecule has 0 bridgehead atoms. The number of hydrogen-bond donors (Lipinski definition) is 1. The largest absolute Gasteiger partial charge is 0.296 e. The van der Waals surface area contributed by atoms with Gasteiger partial charge in [0.15, 0.2) is 0 Å². The van der Waals surface area contributed by atoms with E-state index in [9.17, 15) is 8.42 Å². The molecule has 1 N–H and O–H groups in total. The van der Waals surface area contributed by atoms with Crippen molar-refractivity contribution < 1.29 is 13.0 Å². The molecule has 0 aliphatic heterocycles. The normalized spacial score (nSPS) is 11.7. The highest BCUT2D eigenvalue weighted by atomic mass is 127. The molecule has 0 aliphatic rings. The average Bonchev–Trinajstić information content (AvgIpc) is 1.78. The van der Waals surface area contributed by atoms with Gasteiger partial charge < -0.3 is 0 Å². The van der Waals surface area contributed by atoms with E-state index in [1.54, 1.807) is 12.1 Å². The van der Waals surface area contributed by atoms with Crippen molar-refractivity contribution in [1.82, 2.24) is 0 Å². The predicted molar refractivity (Wildman–Crippen MR) is 74.4 cm³/mol. The Balaban J connectivity index is 3.57. The van der Waals surface area contributed by atoms with Gasteiger partial charge in [-0.25, -0.2) is 0 Å². The van der Waals surface area contributed by atoms with Crippen LogP contribution in [-0.4, -0.2) is 13.0 Å². The van der Waals surface area contributed by atoms with Gasteiger partial charge in [-0.15, -0.1) is 0 Å². The molecule has 3 nitrogen and oxygen atoms in total. The van der Waals surface area contributed by atoms with Crippen LogP contribution < -0.4 is 0 Å². The van der Waals surface area contributed by atoms with Gasteiger partial charge in [-0.1, -0.05) is 0 Å². The van der Waals surface area contributed by atoms with E-state index < -0.39 is 10.1 Å². The highest BCUT2D eigenvalue weighted by molar-refractivity contribution is 14.1. The summed E-state index contributed by atoms with van der Waals surface area (Å²) in [5.74, 6) is 0. The molecule has 13 heavy (non-hydrogen) atoms. The SMILES string of the molecule is O=S(=O)(O)c1c(I)cc(I)cc1I. The maximum absolute atomic E-state index is 10.9. The second kappa shape index (κ2) is 4.45. The first-order valence-electron chi connectivity index (χ1n) is 2.94. The van der Waals surface area contributed by atoms with Gasteiger partial charge in [0.1, 0.15) is 4.90 Å². The topological polar surface area (TPSA) is 54.4 Å². The number of halogens is 3. The Morgan fingerprint density at radius 2 is 1.46 bits per heavy atom. The molecule has 0 fully saturated rings. The second-order valence-corrected chi connectivity index (χ2v) is 7.10. The maximum atomic E-state index is 10.9. The Kier molecular flexibility index (Phi) is 4.24. The monoisotopic (exact) mass is 536 g/mol. The van der Waals surface area contributed by atoms with E-state index in [4.69, 9.17) is 4.55 Å². The van der Waals surface area contributed by atoms with Gasteiger partial charge in [-0.3, -0.25) is 4.55 Å². The van der Waals surface area contributed by atoms with E-state index in [2.05, 4.69) is 22.6 Å². The molecule has 0 unspecified atom stereocenters. The van der Waals surface area contributed by atoms with Gasteiger partial charge in [0.2, 0.25) is 0 Å². The third-order valence-electron chi connectivity index (χ3n) is 1.22. The summed E-state index contributed by atoms with van der Waals surface area (Å²) in [7, 11) is -4.10. The van der Waals surface area contributed by atoms with Crippen LogP contribution in [0.4, 0.5) is 0 Å². The van der Waals surface area contributed by atoms with E-state index in [1.165, 1.54) is 0 Å². The minimum absolute atomic E-state index is 0.00545. The fraction of sp³-hybridized carbons (Fsp3) is 0. The summed E-state index contributed by atoms with van der Waals surface area (Å²) in [5.41, 5.74) is 0. The lowest BCUT2D eigenvalue weighted by Gasteiger charge is -2.04. The third-order valence-corrected chi connectivity index (χ3v) is 5.23. The second-order valence-electron chi connectivity index (χ2n) is 2.17. The summed E-state index contributed by atoms with van der Waals surface area (Å²) in [6.07, 6.45) is 0. The van der Waals surface area contributed by atoms with Gasteiger partial charge in [0.25, 0.3) is 10.1 Å². The fourth-order valence-electron chi connectivity index (χ4n) is 0.775. The minimum Gasteiger partial charge on any atom is -0.282 e. The van der Waals surface area contributed by atoms with Gasteiger partial charge in [0.05, 0.1) is 0 Å². The molecule has 1 aromatic carbocycles. The van der Waals surface area contributed by atoms with Crippen LogP contribution in [0.5, 0.6) is 0 Å². The molecule has 0 atom stereocenters. The summed E-state index contributed by atoms with van der Waals surface area (Å²) in [5, 5.41) is 0. The third kappa shape index (κ3) is 3.14. The van der Waals surface area contributed by atoms with Crippen molar-refractivity contribution in [3.05, 3.63) is 22.8 Å². The molecule has 0 saturated carbocycles. The van der Waals surface area contributed by atoms with E-state index in [0.29, 0.717) is 7.14 Å². The zero-order chi connectivity index (χ0) is 10.2. The summed E-state index contributed by atoms with van der Waals surface area (Å²) in [4.78, 5) is -0.00545. The Labute approximate surface area is 117 Å². The van der Waals surface area contributed by atoms with Crippen molar-refractivity contribution in [3.8, 4) is 0 Å². The van der Waals surface area contributed by atoms with Crippen LogP contribution in [0.2, 0.25) is 0 Å². The molecule has 0 amide bonds. The molecule has 0 saturated heterocycles. The van der Waals surface area contributed by atoms with Crippen molar-refractivity contribution in [2.24, 2.45) is 0 Å². The highest BCUT2D eigenvalue weighted by Gasteiger charge is 2.18. The molecule has 72 valence electrons. The van der Waals surface area contributed by atoms with Crippen molar-refractivity contribution in [2.75, 3.05) is 0 Å². The van der Waals surface area contributed by atoms with Crippen LogP contribution in [0, 0.1) is 10.7 Å². The molecular weight excluding hydrogens is 533 g/mol. The lowest BCUT2D eigenvalue weighted by atomic mass is 10.4. The van der Waals surface area contributed by atoms with Crippen LogP contribution in [-0.2, 0) is 10.1 Å². The Morgan fingerprint density at radius 3 is 1.77 bits per heavy atom. The molecule has 0 spiro atoms. The molecule has 7 heteroatoms. The average molecular weight is 536 g/mol. The Morgan fingerprint density at radius 1 is 1.08 bits per heavy atom. The molecule has 0 radical (unpaired) electrons. The Bertz CT molecular complexity index is 417. The molecule has 0 aliphatic carbocycles. The van der Waals surface area contributed by atoms with E-state index in [-0.39, 0.29) is 4.90 Å². The first-order chi connectivity index (χ1) is 5.82. The van der Waals surface area contributed by atoms with Crippen LogP contribution >= 0.6 is 67.8 Å². The van der Waals surface area contributed by atoms with Crippen LogP contribution in [0.25, 0.3) is 0 Å². The first-order valence-corrected chi connectivity index (χ1v) is 7.62. The molecule has 0 heterocycles. The van der Waals surface area contributed by atoms with E-state index in [0.717, 1.165) is 3.57 Å². The summed E-state index contributed by atoms with van der Waals surface area (Å²) < 4.78 is 32.8. The summed E-state index contributed by atoms with van der Waals surface area (Å²) in [6.45, 7) is 0. The smallest absolute Gasteiger partial charge is 0.282 e. The standard InChI is InChI=1S/C6H3I3O3S/c7-3-1-4(8)6(5(9)2-3)13(10,11)12/h1-2H,(H,10,11,12). The zero-order valence-electron chi connectivity index (χ0n) is 5.96.